The first-order valence-electron chi connectivity index (χ1n) is 12.9. The smallest absolute Gasteiger partial charge is 0.268 e. The van der Waals surface area contributed by atoms with Gasteiger partial charge in [-0.3, -0.25) is 24.1 Å². The minimum Gasteiger partial charge on any atom is -0.353 e. The van der Waals surface area contributed by atoms with Gasteiger partial charge >= 0.3 is 0 Å². The summed E-state index contributed by atoms with van der Waals surface area (Å²) in [4.78, 5) is 53.3. The maximum absolute atomic E-state index is 13.4. The van der Waals surface area contributed by atoms with Crippen LogP contribution in [0.1, 0.15) is 30.0 Å². The van der Waals surface area contributed by atoms with Crippen molar-refractivity contribution in [3.63, 3.8) is 0 Å². The number of imide groups is 1. The highest BCUT2D eigenvalue weighted by Crippen LogP contribution is 2.10. The number of nitrogens with one attached hydrogen (secondary N) is 2. The summed E-state index contributed by atoms with van der Waals surface area (Å²) in [7, 11) is 0. The molecule has 3 aromatic rings. The molecule has 0 aromatic heterocycles. The number of aryl methyl sites for hydroxylation is 1. The molecule has 0 fully saturated rings. The number of hydrogen-bond donors (Lipinski definition) is 2. The molecule has 0 aliphatic carbocycles. The van der Waals surface area contributed by atoms with Gasteiger partial charge in [-0.15, -0.1) is 0 Å². The maximum atomic E-state index is 13.4. The van der Waals surface area contributed by atoms with Gasteiger partial charge in [0.05, 0.1) is 4.86 Å². The number of nitrogens with zero attached hydrogens (tertiary/aromatic N) is 1. The molecule has 0 heterocycles. The Morgan fingerprint density at radius 1 is 0.667 bits per heavy atom. The average molecular weight is 544 g/mol. The fraction of sp³-hybridized carbons (Fsp3) is 0.258. The predicted molar refractivity (Wildman–Crippen MR) is 155 cm³/mol. The van der Waals surface area contributed by atoms with Gasteiger partial charge < -0.3 is 10.6 Å². The van der Waals surface area contributed by atoms with Crippen LogP contribution >= 0.6 is 12.2 Å². The highest BCUT2D eigenvalue weighted by molar-refractivity contribution is 7.82. The van der Waals surface area contributed by atoms with Crippen LogP contribution < -0.4 is 10.6 Å². The number of benzene rings is 3. The van der Waals surface area contributed by atoms with Crippen molar-refractivity contribution in [2.45, 2.75) is 38.6 Å². The van der Waals surface area contributed by atoms with E-state index in [1.165, 1.54) is 0 Å². The largest absolute Gasteiger partial charge is 0.353 e. The maximum Gasteiger partial charge on any atom is 0.268 e. The second kappa shape index (κ2) is 15.3. The van der Waals surface area contributed by atoms with Gasteiger partial charge in [0.2, 0.25) is 5.91 Å². The van der Waals surface area contributed by atoms with Crippen LogP contribution in [-0.2, 0) is 38.4 Å². The molecule has 3 rings (SSSR count). The van der Waals surface area contributed by atoms with E-state index in [2.05, 4.69) is 10.6 Å². The molecule has 4 amide bonds. The lowest BCUT2D eigenvalue weighted by Crippen LogP contribution is -2.60. The molecule has 2 N–H and O–H groups in total. The van der Waals surface area contributed by atoms with E-state index in [1.807, 2.05) is 91.0 Å². The summed E-state index contributed by atoms with van der Waals surface area (Å²) in [6.45, 7) is 1.61. The lowest BCUT2D eigenvalue weighted by molar-refractivity contribution is -0.152. The van der Waals surface area contributed by atoms with Crippen molar-refractivity contribution >= 4 is 40.7 Å². The van der Waals surface area contributed by atoms with E-state index in [1.54, 1.807) is 0 Å². The van der Waals surface area contributed by atoms with Crippen molar-refractivity contribution in [1.82, 2.24) is 15.5 Å². The number of rotatable bonds is 13. The molecule has 0 saturated heterocycles. The molecule has 0 spiro atoms. The van der Waals surface area contributed by atoms with Gasteiger partial charge in [0.1, 0.15) is 0 Å². The number of thiocarbonyl (C=S) groups is 1. The first-order chi connectivity index (χ1) is 18.9. The molecule has 0 unspecified atom stereocenters. The summed E-state index contributed by atoms with van der Waals surface area (Å²) in [5, 5.41) is 5.44. The third kappa shape index (κ3) is 9.26. The molecule has 8 heteroatoms. The third-order valence-electron chi connectivity index (χ3n) is 6.15. The Balaban J connectivity index is 1.73. The second-order valence-corrected chi connectivity index (χ2v) is 9.55. The standard InChI is InChI=1S/C31H33N3O4S/c1-23(35)34(31(38)27(39)18-17-24-11-5-2-6-12-24)28(29(36)32-21-19-25-13-7-3-8-14-25)30(37)33-22-20-26-15-9-4-10-16-26/h2-16,28H,17-22H2,1H3,(H,32,36)(H,33,37). The Hall–Kier alpha value is -4.17. The SMILES string of the molecule is CC(=O)N(C(=O)C(=S)CCc1ccccc1)C(C(=O)NCCc1ccccc1)C(=O)NCCc1ccccc1. The van der Waals surface area contributed by atoms with Crippen LogP contribution in [0, 0.1) is 0 Å². The van der Waals surface area contributed by atoms with E-state index < -0.39 is 29.7 Å². The van der Waals surface area contributed by atoms with Crippen molar-refractivity contribution in [2.24, 2.45) is 0 Å². The topological polar surface area (TPSA) is 95.6 Å². The quantitative estimate of drug-likeness (QED) is 0.254. The lowest BCUT2D eigenvalue weighted by Gasteiger charge is -2.28. The van der Waals surface area contributed by atoms with Crippen molar-refractivity contribution in [3.8, 4) is 0 Å². The van der Waals surface area contributed by atoms with Crippen molar-refractivity contribution in [3.05, 3.63) is 108 Å². The monoisotopic (exact) mass is 543 g/mol. The molecule has 7 nitrogen and oxygen atoms in total. The Bertz CT molecular complexity index is 1210. The number of carbonyl (C=O) groups excluding carboxylic acids is 4. The van der Waals surface area contributed by atoms with Crippen molar-refractivity contribution in [1.29, 1.82) is 0 Å². The summed E-state index contributed by atoms with van der Waals surface area (Å²) < 4.78 is 0. The van der Waals surface area contributed by atoms with Crippen LogP contribution in [0.2, 0.25) is 0 Å². The summed E-state index contributed by atoms with van der Waals surface area (Å²) in [5.41, 5.74) is 2.99. The fourth-order valence-electron chi connectivity index (χ4n) is 4.08. The number of hydrogen-bond acceptors (Lipinski definition) is 5. The van der Waals surface area contributed by atoms with E-state index in [-0.39, 0.29) is 24.4 Å². The molecule has 0 saturated carbocycles. The van der Waals surface area contributed by atoms with Crippen LogP contribution in [0.15, 0.2) is 91.0 Å². The Labute approximate surface area is 234 Å². The van der Waals surface area contributed by atoms with E-state index in [4.69, 9.17) is 12.2 Å². The van der Waals surface area contributed by atoms with Crippen molar-refractivity contribution < 1.29 is 19.2 Å². The zero-order valence-corrected chi connectivity index (χ0v) is 22.8. The molecular weight excluding hydrogens is 510 g/mol. The Morgan fingerprint density at radius 2 is 1.05 bits per heavy atom. The molecule has 202 valence electrons. The van der Waals surface area contributed by atoms with E-state index in [9.17, 15) is 19.2 Å². The van der Waals surface area contributed by atoms with Crippen LogP contribution in [0.25, 0.3) is 0 Å². The zero-order chi connectivity index (χ0) is 28.0. The summed E-state index contributed by atoms with van der Waals surface area (Å²) in [6, 6.07) is 26.9. The fourth-order valence-corrected chi connectivity index (χ4v) is 4.28. The zero-order valence-electron chi connectivity index (χ0n) is 22.0. The Kier molecular flexibility index (Phi) is 11.5. The average Bonchev–Trinajstić information content (AvgIpc) is 2.95. The van der Waals surface area contributed by atoms with Crippen LogP contribution in [0.4, 0.5) is 0 Å². The van der Waals surface area contributed by atoms with Gasteiger partial charge in [0, 0.05) is 20.0 Å². The van der Waals surface area contributed by atoms with Gasteiger partial charge in [-0.2, -0.15) is 0 Å². The molecule has 0 aliphatic rings. The lowest BCUT2D eigenvalue weighted by atomic mass is 10.1. The van der Waals surface area contributed by atoms with Gasteiger partial charge in [-0.05, 0) is 42.4 Å². The first-order valence-corrected chi connectivity index (χ1v) is 13.3. The normalized spacial score (nSPS) is 10.5. The summed E-state index contributed by atoms with van der Waals surface area (Å²) in [6.07, 6.45) is 1.76. The van der Waals surface area contributed by atoms with Gasteiger partial charge in [-0.25, -0.2) is 0 Å². The molecule has 3 aromatic carbocycles. The van der Waals surface area contributed by atoms with E-state index in [0.29, 0.717) is 24.2 Å². The molecular formula is C31H33N3O4S. The highest BCUT2D eigenvalue weighted by Gasteiger charge is 2.39. The molecule has 0 radical (unpaired) electrons. The first kappa shape index (κ1) is 29.4. The van der Waals surface area contributed by atoms with Gasteiger partial charge in [-0.1, -0.05) is 103 Å². The minimum absolute atomic E-state index is 0.0202. The molecule has 0 bridgehead atoms. The van der Waals surface area contributed by atoms with Crippen molar-refractivity contribution in [2.75, 3.05) is 13.1 Å². The molecule has 0 atom stereocenters. The van der Waals surface area contributed by atoms with E-state index in [0.717, 1.165) is 23.6 Å². The van der Waals surface area contributed by atoms with Crippen LogP contribution in [0.3, 0.4) is 0 Å². The molecule has 0 aliphatic heterocycles. The highest BCUT2D eigenvalue weighted by atomic mass is 32.1. The van der Waals surface area contributed by atoms with Gasteiger partial charge in [0.25, 0.3) is 17.7 Å². The summed E-state index contributed by atoms with van der Waals surface area (Å²) >= 11 is 5.36. The predicted octanol–water partition coefficient (Wildman–Crippen LogP) is 3.45. The second-order valence-electron chi connectivity index (χ2n) is 9.06. The van der Waals surface area contributed by atoms with E-state index >= 15 is 0 Å². The van der Waals surface area contributed by atoms with Crippen LogP contribution in [0.5, 0.6) is 0 Å². The molecule has 39 heavy (non-hydrogen) atoms. The minimum atomic E-state index is -1.68. The Morgan fingerprint density at radius 3 is 1.44 bits per heavy atom. The van der Waals surface area contributed by atoms with Crippen LogP contribution in [-0.4, -0.2) is 52.5 Å². The summed E-state index contributed by atoms with van der Waals surface area (Å²) in [5.74, 6) is -3.02. The van der Waals surface area contributed by atoms with Gasteiger partial charge in [0.15, 0.2) is 6.04 Å². The third-order valence-corrected chi connectivity index (χ3v) is 6.53. The number of amides is 4. The number of carbonyl (C=O) groups is 4.